The lowest BCUT2D eigenvalue weighted by molar-refractivity contribution is -0.119. The van der Waals surface area contributed by atoms with Crippen LogP contribution in [0.1, 0.15) is 33.6 Å². The summed E-state index contributed by atoms with van der Waals surface area (Å²) in [6, 6.07) is 11.7. The molecule has 0 bridgehead atoms. The lowest BCUT2D eigenvalue weighted by Gasteiger charge is -2.16. The first-order chi connectivity index (χ1) is 13.9. The molecule has 0 unspecified atom stereocenters. The number of hydrogen-bond donors (Lipinski definition) is 1. The molecule has 0 atom stereocenters. The third-order valence-electron chi connectivity index (χ3n) is 4.44. The van der Waals surface area contributed by atoms with E-state index < -0.39 is 28.5 Å². The van der Waals surface area contributed by atoms with Gasteiger partial charge in [0.25, 0.3) is 5.91 Å². The lowest BCUT2D eigenvalue weighted by atomic mass is 10.1. The number of amides is 1. The molecule has 1 fully saturated rings. The van der Waals surface area contributed by atoms with Gasteiger partial charge in [-0.3, -0.25) is 9.59 Å². The number of carbonyl (C=O) groups excluding carboxylic acids is 3. The second-order valence-electron chi connectivity index (χ2n) is 6.50. The van der Waals surface area contributed by atoms with Gasteiger partial charge in [-0.15, -0.1) is 0 Å². The zero-order valence-corrected chi connectivity index (χ0v) is 16.4. The largest absolute Gasteiger partial charge is 0.452 e. The number of benzene rings is 2. The Balaban J connectivity index is 1.59. The van der Waals surface area contributed by atoms with Gasteiger partial charge in [0.2, 0.25) is 10.0 Å². The lowest BCUT2D eigenvalue weighted by Crippen LogP contribution is -2.28. The normalized spacial score (nSPS) is 14.3. The maximum Gasteiger partial charge on any atom is 0.338 e. The van der Waals surface area contributed by atoms with Gasteiger partial charge in [0.15, 0.2) is 6.61 Å². The van der Waals surface area contributed by atoms with Crippen LogP contribution in [0.3, 0.4) is 0 Å². The molecule has 152 valence electrons. The zero-order chi connectivity index (χ0) is 20.9. The average Bonchev–Trinajstić information content (AvgIpc) is 3.28. The Bertz CT molecular complexity index is 1010. The molecule has 2 aromatic rings. The molecule has 0 saturated carbocycles. The van der Waals surface area contributed by atoms with E-state index in [0.29, 0.717) is 30.6 Å². The van der Waals surface area contributed by atoms with Gasteiger partial charge in [0.05, 0.1) is 10.5 Å². The molecular weight excluding hydrogens is 396 g/mol. The van der Waals surface area contributed by atoms with E-state index in [2.05, 4.69) is 5.32 Å². The fourth-order valence-electron chi connectivity index (χ4n) is 2.92. The van der Waals surface area contributed by atoms with Crippen LogP contribution in [0.5, 0.6) is 0 Å². The van der Waals surface area contributed by atoms with Crippen LogP contribution >= 0.6 is 0 Å². The van der Waals surface area contributed by atoms with E-state index in [-0.39, 0.29) is 10.5 Å². The number of hydrogen-bond acceptors (Lipinski definition) is 6. The van der Waals surface area contributed by atoms with E-state index in [9.17, 15) is 22.8 Å². The summed E-state index contributed by atoms with van der Waals surface area (Å²) in [7, 11) is -3.59. The summed E-state index contributed by atoms with van der Waals surface area (Å²) in [4.78, 5) is 34.8. The molecule has 1 N–H and O–H groups in total. The van der Waals surface area contributed by atoms with Crippen molar-refractivity contribution >= 4 is 33.9 Å². The third-order valence-corrected chi connectivity index (χ3v) is 6.33. The minimum absolute atomic E-state index is 0.101. The highest BCUT2D eigenvalue weighted by Gasteiger charge is 2.27. The Morgan fingerprint density at radius 2 is 1.76 bits per heavy atom. The second-order valence-corrected chi connectivity index (χ2v) is 8.44. The fourth-order valence-corrected chi connectivity index (χ4v) is 4.48. The summed E-state index contributed by atoms with van der Waals surface area (Å²) >= 11 is 0. The molecule has 1 amide bonds. The number of anilines is 1. The number of rotatable bonds is 7. The van der Waals surface area contributed by atoms with Gasteiger partial charge in [0, 0.05) is 24.3 Å². The molecule has 2 aromatic carbocycles. The van der Waals surface area contributed by atoms with Crippen molar-refractivity contribution in [1.82, 2.24) is 4.31 Å². The Morgan fingerprint density at radius 1 is 1.07 bits per heavy atom. The van der Waals surface area contributed by atoms with E-state index in [4.69, 9.17) is 4.74 Å². The van der Waals surface area contributed by atoms with E-state index in [1.165, 1.54) is 40.7 Å². The Hall–Kier alpha value is -3.04. The van der Waals surface area contributed by atoms with Crippen molar-refractivity contribution < 1.29 is 27.5 Å². The van der Waals surface area contributed by atoms with Crippen LogP contribution < -0.4 is 5.32 Å². The van der Waals surface area contributed by atoms with Crippen molar-refractivity contribution in [3.05, 3.63) is 59.7 Å². The summed E-state index contributed by atoms with van der Waals surface area (Å²) in [5.74, 6) is -1.30. The zero-order valence-electron chi connectivity index (χ0n) is 15.5. The van der Waals surface area contributed by atoms with Crippen molar-refractivity contribution in [3.8, 4) is 0 Å². The van der Waals surface area contributed by atoms with Crippen LogP contribution in [0.2, 0.25) is 0 Å². The summed E-state index contributed by atoms with van der Waals surface area (Å²) in [6.07, 6.45) is 2.32. The van der Waals surface area contributed by atoms with E-state index in [1.54, 1.807) is 12.1 Å². The van der Waals surface area contributed by atoms with Crippen LogP contribution in [0, 0.1) is 0 Å². The molecule has 1 saturated heterocycles. The predicted octanol–water partition coefficient (Wildman–Crippen LogP) is 2.08. The van der Waals surface area contributed by atoms with Crippen LogP contribution in [-0.4, -0.2) is 50.6 Å². The molecule has 1 heterocycles. The third kappa shape index (κ3) is 5.07. The first kappa shape index (κ1) is 20.7. The highest BCUT2D eigenvalue weighted by atomic mass is 32.2. The van der Waals surface area contributed by atoms with Gasteiger partial charge >= 0.3 is 5.97 Å². The molecule has 1 aliphatic rings. The smallest absolute Gasteiger partial charge is 0.338 e. The molecule has 0 radical (unpaired) electrons. The number of ether oxygens (including phenoxy) is 1. The van der Waals surface area contributed by atoms with Gasteiger partial charge in [-0.05, 0) is 43.2 Å². The molecule has 3 rings (SSSR count). The van der Waals surface area contributed by atoms with Crippen LogP contribution in [-0.2, 0) is 19.6 Å². The second kappa shape index (κ2) is 8.97. The maximum absolute atomic E-state index is 12.6. The van der Waals surface area contributed by atoms with Gasteiger partial charge in [-0.25, -0.2) is 13.2 Å². The first-order valence-electron chi connectivity index (χ1n) is 9.02. The minimum atomic E-state index is -3.59. The van der Waals surface area contributed by atoms with Gasteiger partial charge in [-0.2, -0.15) is 4.31 Å². The van der Waals surface area contributed by atoms with Crippen molar-refractivity contribution in [3.63, 3.8) is 0 Å². The predicted molar refractivity (Wildman–Crippen MR) is 105 cm³/mol. The number of carbonyl (C=O) groups is 3. The van der Waals surface area contributed by atoms with Crippen LogP contribution in [0.15, 0.2) is 53.4 Å². The number of nitrogens with zero attached hydrogens (tertiary/aromatic N) is 1. The fraction of sp³-hybridized carbons (Fsp3) is 0.250. The molecule has 29 heavy (non-hydrogen) atoms. The molecule has 0 spiro atoms. The van der Waals surface area contributed by atoms with E-state index in [1.807, 2.05) is 0 Å². The SMILES string of the molecule is O=Cc1ccc(C(=O)OCC(=O)Nc2cccc(S(=O)(=O)N3CCCC3)c2)cc1. The van der Waals surface area contributed by atoms with Gasteiger partial charge in [0.1, 0.15) is 6.29 Å². The number of aldehydes is 1. The maximum atomic E-state index is 12.6. The van der Waals surface area contributed by atoms with Gasteiger partial charge in [-0.1, -0.05) is 18.2 Å². The van der Waals surface area contributed by atoms with Crippen molar-refractivity contribution in [2.75, 3.05) is 25.0 Å². The highest BCUT2D eigenvalue weighted by Crippen LogP contribution is 2.23. The average molecular weight is 416 g/mol. The van der Waals surface area contributed by atoms with Crippen molar-refractivity contribution in [2.24, 2.45) is 0 Å². The van der Waals surface area contributed by atoms with Crippen LogP contribution in [0.25, 0.3) is 0 Å². The Labute approximate surface area is 168 Å². The van der Waals surface area contributed by atoms with Gasteiger partial charge < -0.3 is 10.1 Å². The first-order valence-corrected chi connectivity index (χ1v) is 10.5. The summed E-state index contributed by atoms with van der Waals surface area (Å²) in [6.45, 7) is 0.447. The summed E-state index contributed by atoms with van der Waals surface area (Å²) in [5, 5.41) is 2.52. The standard InChI is InChI=1S/C20H20N2O6S/c23-13-15-6-8-16(9-7-15)20(25)28-14-19(24)21-17-4-3-5-18(12-17)29(26,27)22-10-1-2-11-22/h3-9,12-13H,1-2,10-11,14H2,(H,21,24). The van der Waals surface area contributed by atoms with E-state index in [0.717, 1.165) is 12.8 Å². The minimum Gasteiger partial charge on any atom is -0.452 e. The van der Waals surface area contributed by atoms with E-state index >= 15 is 0 Å². The van der Waals surface area contributed by atoms with Crippen molar-refractivity contribution in [1.29, 1.82) is 0 Å². The molecule has 1 aliphatic heterocycles. The summed E-state index contributed by atoms with van der Waals surface area (Å²) in [5.41, 5.74) is 0.923. The Morgan fingerprint density at radius 3 is 2.41 bits per heavy atom. The Kier molecular flexibility index (Phi) is 6.40. The highest BCUT2D eigenvalue weighted by molar-refractivity contribution is 7.89. The number of nitrogens with one attached hydrogen (secondary N) is 1. The molecule has 0 aliphatic carbocycles. The van der Waals surface area contributed by atoms with Crippen LogP contribution in [0.4, 0.5) is 5.69 Å². The quantitative estimate of drug-likeness (QED) is 0.547. The molecular formula is C20H20N2O6S. The molecule has 9 heteroatoms. The number of esters is 1. The summed E-state index contributed by atoms with van der Waals surface area (Å²) < 4.78 is 31.6. The molecule has 0 aromatic heterocycles. The molecule has 8 nitrogen and oxygen atoms in total. The number of sulfonamides is 1. The monoisotopic (exact) mass is 416 g/mol. The van der Waals surface area contributed by atoms with Crippen molar-refractivity contribution in [2.45, 2.75) is 17.7 Å². The topological polar surface area (TPSA) is 110 Å².